The van der Waals surface area contributed by atoms with Crippen LogP contribution in [0.1, 0.15) is 40.3 Å². The highest BCUT2D eigenvalue weighted by molar-refractivity contribution is 5.98. The van der Waals surface area contributed by atoms with Crippen molar-refractivity contribution < 1.29 is 23.8 Å². The van der Waals surface area contributed by atoms with Gasteiger partial charge in [0.15, 0.2) is 23.1 Å². The van der Waals surface area contributed by atoms with E-state index in [4.69, 9.17) is 31.1 Å². The van der Waals surface area contributed by atoms with Gasteiger partial charge in [0.2, 0.25) is 0 Å². The number of carbonyl (C=O) groups excluding carboxylic acids is 2. The van der Waals surface area contributed by atoms with Crippen LogP contribution in [0.15, 0.2) is 65.5 Å². The van der Waals surface area contributed by atoms with Crippen LogP contribution >= 0.6 is 0 Å². The third-order valence-electron chi connectivity index (χ3n) is 5.89. The van der Waals surface area contributed by atoms with Crippen molar-refractivity contribution in [1.82, 2.24) is 14.8 Å². The minimum absolute atomic E-state index is 0.0700. The summed E-state index contributed by atoms with van der Waals surface area (Å²) in [5.74, 6) is -0.567. The number of nitrogens with one attached hydrogen (secondary N) is 3. The number of nitrogens with two attached hydrogens (primary N) is 2. The van der Waals surface area contributed by atoms with Crippen molar-refractivity contribution in [3.8, 4) is 22.9 Å². The van der Waals surface area contributed by atoms with Gasteiger partial charge in [0.1, 0.15) is 17.6 Å². The number of aromatic nitrogens is 3. The number of amides is 1. The number of nitrogen functional groups attached to an aromatic ring is 1. The molecule has 3 aromatic carbocycles. The maximum Gasteiger partial charge on any atom is 0.348 e. The van der Waals surface area contributed by atoms with Crippen molar-refractivity contribution in [2.45, 2.75) is 13.0 Å². The number of para-hydroxylation sites is 1. The van der Waals surface area contributed by atoms with Crippen LogP contribution in [0.25, 0.3) is 5.69 Å². The number of methoxy groups -OCH3 is 2. The van der Waals surface area contributed by atoms with E-state index in [1.165, 1.54) is 39.3 Å². The van der Waals surface area contributed by atoms with E-state index in [2.05, 4.69) is 15.4 Å². The smallest absolute Gasteiger partial charge is 0.348 e. The van der Waals surface area contributed by atoms with Crippen LogP contribution < -0.4 is 36.7 Å². The van der Waals surface area contributed by atoms with Crippen LogP contribution in [0.3, 0.4) is 0 Å². The summed E-state index contributed by atoms with van der Waals surface area (Å²) in [5, 5.41) is 15.4. The lowest BCUT2D eigenvalue weighted by Gasteiger charge is -2.20. The van der Waals surface area contributed by atoms with E-state index in [-0.39, 0.29) is 28.7 Å². The Morgan fingerprint density at radius 3 is 2.30 bits per heavy atom. The van der Waals surface area contributed by atoms with Crippen LogP contribution in [0, 0.1) is 5.41 Å². The molecule has 0 aliphatic rings. The van der Waals surface area contributed by atoms with Gasteiger partial charge in [-0.15, -0.1) is 5.10 Å². The van der Waals surface area contributed by atoms with Gasteiger partial charge in [-0.25, -0.2) is 4.79 Å². The monoisotopic (exact) mass is 545 g/mol. The maximum atomic E-state index is 13.2. The lowest BCUT2D eigenvalue weighted by atomic mass is 10.0. The molecule has 1 heterocycles. The zero-order chi connectivity index (χ0) is 29.0. The van der Waals surface area contributed by atoms with Crippen molar-refractivity contribution in [3.05, 3.63) is 93.7 Å². The molecule has 4 rings (SSSR count). The second-order valence-corrected chi connectivity index (χ2v) is 8.52. The number of rotatable bonds is 10. The van der Waals surface area contributed by atoms with Crippen LogP contribution in [-0.4, -0.2) is 46.7 Å². The number of amidine groups is 1. The average molecular weight is 546 g/mol. The molecule has 0 unspecified atom stereocenters. The topological polar surface area (TPSA) is 200 Å². The number of hydrogen-bond acceptors (Lipinski definition) is 9. The first kappa shape index (κ1) is 27.4. The number of carbonyl (C=O) groups is 2. The molecule has 40 heavy (non-hydrogen) atoms. The number of esters is 1. The zero-order valence-electron chi connectivity index (χ0n) is 21.8. The van der Waals surface area contributed by atoms with Crippen molar-refractivity contribution in [2.75, 3.05) is 19.5 Å². The molecular formula is C27H27N7O6. The van der Waals surface area contributed by atoms with Crippen LogP contribution in [0.4, 0.5) is 5.69 Å². The molecule has 13 heteroatoms. The molecular weight excluding hydrogens is 518 g/mol. The molecule has 1 atom stereocenters. The predicted molar refractivity (Wildman–Crippen MR) is 146 cm³/mol. The molecule has 4 aromatic rings. The van der Waals surface area contributed by atoms with Crippen molar-refractivity contribution in [3.63, 3.8) is 0 Å². The summed E-state index contributed by atoms with van der Waals surface area (Å²) in [4.78, 5) is 39.9. The third-order valence-corrected chi connectivity index (χ3v) is 5.89. The van der Waals surface area contributed by atoms with Crippen molar-refractivity contribution >= 4 is 23.4 Å². The Bertz CT molecular complexity index is 1640. The fourth-order valence-corrected chi connectivity index (χ4v) is 4.05. The second-order valence-electron chi connectivity index (χ2n) is 8.52. The van der Waals surface area contributed by atoms with E-state index < -0.39 is 23.6 Å². The van der Waals surface area contributed by atoms with Gasteiger partial charge < -0.3 is 31.0 Å². The molecule has 1 amide bonds. The molecule has 0 bridgehead atoms. The van der Waals surface area contributed by atoms with E-state index in [1.54, 1.807) is 42.5 Å². The number of benzene rings is 3. The fraction of sp³-hybridized carbons (Fsp3) is 0.148. The summed E-state index contributed by atoms with van der Waals surface area (Å²) in [6, 6.07) is 15.5. The van der Waals surface area contributed by atoms with Crippen molar-refractivity contribution in [1.29, 1.82) is 5.41 Å². The first-order valence-electron chi connectivity index (χ1n) is 11.9. The Balaban J connectivity index is 1.88. The maximum absolute atomic E-state index is 13.2. The summed E-state index contributed by atoms with van der Waals surface area (Å²) in [5.41, 5.74) is 12.1. The largest absolute Gasteiger partial charge is 0.493 e. The summed E-state index contributed by atoms with van der Waals surface area (Å²) < 4.78 is 17.0. The Morgan fingerprint density at radius 2 is 1.70 bits per heavy atom. The number of ether oxygens (including phenoxy) is 3. The van der Waals surface area contributed by atoms with Gasteiger partial charge in [-0.05, 0) is 54.1 Å². The van der Waals surface area contributed by atoms with Gasteiger partial charge >= 0.3 is 11.7 Å². The summed E-state index contributed by atoms with van der Waals surface area (Å²) in [6.07, 6.45) is 0. The molecule has 13 nitrogen and oxygen atoms in total. The van der Waals surface area contributed by atoms with Gasteiger partial charge in [-0.1, -0.05) is 12.1 Å². The van der Waals surface area contributed by atoms with Gasteiger partial charge in [-0.3, -0.25) is 20.0 Å². The standard InChI is InChI=1S/C27H27N7O6/c1-14(35)40-20-6-4-5-18(25(30)36)23(20)34-27(37)32-26(33-34)22(16-9-12-19(38-2)21(13-16)39-3)31-17-10-7-15(8-11-17)24(28)29/h4-13,22,31H,1-3H3,(H3,28,29)(H2,30,36)(H,32,33,37)/t22-/m0/s1. The molecule has 7 N–H and O–H groups in total. The quantitative estimate of drug-likeness (QED) is 0.0856. The summed E-state index contributed by atoms with van der Waals surface area (Å²) >= 11 is 0. The molecule has 0 spiro atoms. The van der Waals surface area contributed by atoms with Crippen LogP contribution in [-0.2, 0) is 4.79 Å². The highest BCUT2D eigenvalue weighted by Gasteiger charge is 2.25. The fourth-order valence-electron chi connectivity index (χ4n) is 4.05. The van der Waals surface area contributed by atoms with Gasteiger partial charge in [0.25, 0.3) is 5.91 Å². The van der Waals surface area contributed by atoms with Gasteiger partial charge in [-0.2, -0.15) is 4.68 Å². The Hall–Kier alpha value is -5.59. The SMILES string of the molecule is COc1ccc([C@H](Nc2ccc(C(=N)N)cc2)c2nn(-c3c(OC(C)=O)cccc3C(N)=O)c(=O)[nH]2)cc1OC. The number of anilines is 1. The minimum Gasteiger partial charge on any atom is -0.493 e. The van der Waals surface area contributed by atoms with E-state index in [1.807, 2.05) is 0 Å². The normalized spacial score (nSPS) is 11.4. The lowest BCUT2D eigenvalue weighted by molar-refractivity contribution is -0.131. The number of primary amides is 1. The number of aromatic amines is 1. The molecule has 1 aromatic heterocycles. The van der Waals surface area contributed by atoms with E-state index in [0.717, 1.165) is 4.68 Å². The Kier molecular flexibility index (Phi) is 7.84. The third kappa shape index (κ3) is 5.62. The molecule has 0 radical (unpaired) electrons. The molecule has 206 valence electrons. The van der Waals surface area contributed by atoms with Gasteiger partial charge in [0.05, 0.1) is 19.8 Å². The summed E-state index contributed by atoms with van der Waals surface area (Å²) in [7, 11) is 3.01. The lowest BCUT2D eigenvalue weighted by Crippen LogP contribution is -2.23. The number of hydrogen-bond donors (Lipinski definition) is 5. The van der Waals surface area contributed by atoms with E-state index >= 15 is 0 Å². The summed E-state index contributed by atoms with van der Waals surface area (Å²) in [6.45, 7) is 1.19. The molecule has 0 aliphatic heterocycles. The highest BCUT2D eigenvalue weighted by Crippen LogP contribution is 2.33. The molecule has 0 fully saturated rings. The number of H-pyrrole nitrogens is 1. The molecule has 0 saturated carbocycles. The first-order valence-corrected chi connectivity index (χ1v) is 11.9. The minimum atomic E-state index is -0.847. The number of nitrogens with zero attached hydrogens (tertiary/aromatic N) is 2. The van der Waals surface area contributed by atoms with Crippen molar-refractivity contribution in [2.24, 2.45) is 11.5 Å². The Labute approximate surface area is 228 Å². The average Bonchev–Trinajstić information content (AvgIpc) is 3.31. The van der Waals surface area contributed by atoms with Crippen LogP contribution in [0.5, 0.6) is 17.2 Å². The first-order chi connectivity index (χ1) is 19.1. The predicted octanol–water partition coefficient (Wildman–Crippen LogP) is 2.09. The second kappa shape index (κ2) is 11.4. The van der Waals surface area contributed by atoms with Gasteiger partial charge in [0, 0.05) is 18.2 Å². The van der Waals surface area contributed by atoms with Crippen LogP contribution in [0.2, 0.25) is 0 Å². The van der Waals surface area contributed by atoms with E-state index in [9.17, 15) is 14.4 Å². The van der Waals surface area contributed by atoms with E-state index in [0.29, 0.717) is 28.3 Å². The Morgan fingerprint density at radius 1 is 1.00 bits per heavy atom. The molecule has 0 saturated heterocycles. The molecule has 0 aliphatic carbocycles. The zero-order valence-corrected chi connectivity index (χ0v) is 21.8. The highest BCUT2D eigenvalue weighted by atomic mass is 16.5.